The summed E-state index contributed by atoms with van der Waals surface area (Å²) >= 11 is 0. The Hall–Kier alpha value is -1.14. The fourth-order valence-electron chi connectivity index (χ4n) is 1.80. The van der Waals surface area contributed by atoms with Crippen molar-refractivity contribution < 1.29 is 19.4 Å². The molecule has 0 aromatic heterocycles. The van der Waals surface area contributed by atoms with Crippen LogP contribution in [-0.4, -0.2) is 54.7 Å². The molecule has 0 bridgehead atoms. The maximum Gasteiger partial charge on any atom is 0.309 e. The molecule has 6 heteroatoms. The van der Waals surface area contributed by atoms with Gasteiger partial charge in [0.05, 0.1) is 12.0 Å². The zero-order valence-corrected chi connectivity index (χ0v) is 10.1. The van der Waals surface area contributed by atoms with E-state index < -0.39 is 11.4 Å². The van der Waals surface area contributed by atoms with Gasteiger partial charge in [-0.3, -0.25) is 9.59 Å². The van der Waals surface area contributed by atoms with Crippen LogP contribution in [0.5, 0.6) is 0 Å². The molecule has 6 nitrogen and oxygen atoms in total. The Morgan fingerprint density at radius 2 is 2.00 bits per heavy atom. The summed E-state index contributed by atoms with van der Waals surface area (Å²) in [5.74, 6) is -0.880. The van der Waals surface area contributed by atoms with Gasteiger partial charge in [0.15, 0.2) is 0 Å². The molecular weight excluding hydrogens is 224 g/mol. The number of carbonyl (C=O) groups is 2. The van der Waals surface area contributed by atoms with Crippen molar-refractivity contribution in [3.63, 3.8) is 0 Å². The monoisotopic (exact) mass is 244 g/mol. The molecule has 0 aliphatic carbocycles. The lowest BCUT2D eigenvalue weighted by atomic mass is 9.80. The first kappa shape index (κ1) is 13.9. The van der Waals surface area contributed by atoms with Crippen molar-refractivity contribution in [3.8, 4) is 0 Å². The number of carboxylic acids is 1. The normalized spacial score (nSPS) is 19.1. The number of nitrogens with two attached hydrogens (primary N) is 1. The zero-order chi connectivity index (χ0) is 12.9. The fourth-order valence-corrected chi connectivity index (χ4v) is 1.80. The van der Waals surface area contributed by atoms with E-state index in [1.807, 2.05) is 0 Å². The second-order valence-corrected chi connectivity index (χ2v) is 4.59. The van der Waals surface area contributed by atoms with Crippen molar-refractivity contribution in [2.24, 2.45) is 11.1 Å². The fraction of sp³-hybridized carbons (Fsp3) is 0.818. The number of carboxylic acid groups (broad SMARTS) is 1. The summed E-state index contributed by atoms with van der Waals surface area (Å²) in [6, 6.07) is 0. The summed E-state index contributed by atoms with van der Waals surface area (Å²) < 4.78 is 5.06. The van der Waals surface area contributed by atoms with E-state index in [0.717, 1.165) is 0 Å². The second-order valence-electron chi connectivity index (χ2n) is 4.59. The van der Waals surface area contributed by atoms with Gasteiger partial charge in [-0.25, -0.2) is 0 Å². The van der Waals surface area contributed by atoms with Crippen molar-refractivity contribution in [2.75, 3.05) is 32.8 Å². The van der Waals surface area contributed by atoms with Crippen LogP contribution in [0.2, 0.25) is 0 Å². The molecule has 1 rings (SSSR count). The Morgan fingerprint density at radius 1 is 1.41 bits per heavy atom. The van der Waals surface area contributed by atoms with Gasteiger partial charge in [0.25, 0.3) is 0 Å². The van der Waals surface area contributed by atoms with Crippen molar-refractivity contribution in [1.29, 1.82) is 0 Å². The van der Waals surface area contributed by atoms with Crippen LogP contribution >= 0.6 is 0 Å². The highest BCUT2D eigenvalue weighted by Crippen LogP contribution is 2.30. The third-order valence-electron chi connectivity index (χ3n) is 3.22. The molecular formula is C11H20N2O4. The van der Waals surface area contributed by atoms with Crippen molar-refractivity contribution in [1.82, 2.24) is 4.90 Å². The smallest absolute Gasteiger partial charge is 0.309 e. The number of ether oxygens (including phenoxy) is 1. The summed E-state index contributed by atoms with van der Waals surface area (Å²) in [6.07, 6.45) is 0.982. The van der Waals surface area contributed by atoms with Crippen LogP contribution in [0, 0.1) is 5.41 Å². The van der Waals surface area contributed by atoms with E-state index in [-0.39, 0.29) is 12.5 Å². The Kier molecular flexibility index (Phi) is 4.89. The van der Waals surface area contributed by atoms with Crippen LogP contribution < -0.4 is 5.73 Å². The molecule has 0 aromatic rings. The number of likely N-dealkylation sites (tertiary alicyclic amines) is 1. The maximum absolute atomic E-state index is 11.7. The van der Waals surface area contributed by atoms with Gasteiger partial charge in [-0.1, -0.05) is 0 Å². The Bertz CT molecular complexity index is 285. The quantitative estimate of drug-likeness (QED) is 0.646. The van der Waals surface area contributed by atoms with E-state index in [9.17, 15) is 9.59 Å². The molecule has 3 N–H and O–H groups in total. The number of piperidine rings is 1. The Balaban J connectivity index is 2.36. The average Bonchev–Trinajstić information content (AvgIpc) is 2.30. The molecule has 0 radical (unpaired) electrons. The van der Waals surface area contributed by atoms with Gasteiger partial charge in [0.2, 0.25) is 5.91 Å². The molecule has 0 atom stereocenters. The van der Waals surface area contributed by atoms with E-state index in [1.165, 1.54) is 0 Å². The number of hydrogen-bond donors (Lipinski definition) is 2. The minimum Gasteiger partial charge on any atom is -0.481 e. The molecule has 0 saturated carbocycles. The van der Waals surface area contributed by atoms with E-state index in [2.05, 4.69) is 0 Å². The van der Waals surface area contributed by atoms with E-state index in [0.29, 0.717) is 39.1 Å². The SMILES string of the molecule is CC1(C(=O)O)CCN(C(=O)COCCN)CC1. The standard InChI is InChI=1S/C11H20N2O4/c1-11(10(15)16)2-5-13(6-3-11)9(14)8-17-7-4-12/h2-8,12H2,1H3,(H,15,16). The summed E-state index contributed by atoms with van der Waals surface area (Å²) in [5.41, 5.74) is 4.55. The van der Waals surface area contributed by atoms with E-state index in [4.69, 9.17) is 15.6 Å². The Morgan fingerprint density at radius 3 is 2.47 bits per heavy atom. The third-order valence-corrected chi connectivity index (χ3v) is 3.22. The largest absolute Gasteiger partial charge is 0.481 e. The second kappa shape index (κ2) is 5.97. The van der Waals surface area contributed by atoms with Gasteiger partial charge in [-0.15, -0.1) is 0 Å². The molecule has 98 valence electrons. The molecule has 0 aromatic carbocycles. The third kappa shape index (κ3) is 3.67. The predicted molar refractivity (Wildman–Crippen MR) is 61.4 cm³/mol. The Labute approximate surface area is 101 Å². The predicted octanol–water partition coefficient (Wildman–Crippen LogP) is -0.325. The molecule has 0 unspecified atom stereocenters. The number of carbonyl (C=O) groups excluding carboxylic acids is 1. The number of rotatable bonds is 5. The average molecular weight is 244 g/mol. The lowest BCUT2D eigenvalue weighted by Gasteiger charge is -2.36. The van der Waals surface area contributed by atoms with Crippen LogP contribution in [0.1, 0.15) is 19.8 Å². The lowest BCUT2D eigenvalue weighted by Crippen LogP contribution is -2.46. The van der Waals surface area contributed by atoms with Crippen LogP contribution in [0.25, 0.3) is 0 Å². The molecule has 1 amide bonds. The minimum atomic E-state index is -0.788. The number of aliphatic carboxylic acids is 1. The summed E-state index contributed by atoms with van der Waals surface area (Å²) in [4.78, 5) is 24.3. The molecule has 1 saturated heterocycles. The first-order valence-corrected chi connectivity index (χ1v) is 5.78. The van der Waals surface area contributed by atoms with Crippen molar-refractivity contribution in [3.05, 3.63) is 0 Å². The zero-order valence-electron chi connectivity index (χ0n) is 10.1. The van der Waals surface area contributed by atoms with Crippen molar-refractivity contribution >= 4 is 11.9 Å². The first-order valence-electron chi connectivity index (χ1n) is 5.78. The van der Waals surface area contributed by atoms with Gasteiger partial charge < -0.3 is 20.5 Å². The maximum atomic E-state index is 11.7. The highest BCUT2D eigenvalue weighted by Gasteiger charge is 2.37. The van der Waals surface area contributed by atoms with Crippen LogP contribution in [0.15, 0.2) is 0 Å². The van der Waals surface area contributed by atoms with Gasteiger partial charge >= 0.3 is 5.97 Å². The molecule has 1 aliphatic rings. The number of hydrogen-bond acceptors (Lipinski definition) is 4. The highest BCUT2D eigenvalue weighted by atomic mass is 16.5. The van der Waals surface area contributed by atoms with E-state index in [1.54, 1.807) is 11.8 Å². The van der Waals surface area contributed by atoms with Crippen LogP contribution in [0.4, 0.5) is 0 Å². The molecule has 17 heavy (non-hydrogen) atoms. The summed E-state index contributed by atoms with van der Waals surface area (Å²) in [6.45, 7) is 3.47. The minimum absolute atomic E-state index is 0.0288. The van der Waals surface area contributed by atoms with Crippen LogP contribution in [0.3, 0.4) is 0 Å². The number of nitrogens with zero attached hydrogens (tertiary/aromatic N) is 1. The molecule has 0 spiro atoms. The van der Waals surface area contributed by atoms with Crippen LogP contribution in [-0.2, 0) is 14.3 Å². The molecule has 1 aliphatic heterocycles. The summed E-state index contributed by atoms with van der Waals surface area (Å²) in [5, 5.41) is 9.05. The molecule has 1 heterocycles. The molecule has 1 fully saturated rings. The number of amides is 1. The van der Waals surface area contributed by atoms with Crippen molar-refractivity contribution in [2.45, 2.75) is 19.8 Å². The topological polar surface area (TPSA) is 92.9 Å². The lowest BCUT2D eigenvalue weighted by molar-refractivity contribution is -0.153. The van der Waals surface area contributed by atoms with Gasteiger partial charge in [-0.2, -0.15) is 0 Å². The van der Waals surface area contributed by atoms with Gasteiger partial charge in [0.1, 0.15) is 6.61 Å². The summed E-state index contributed by atoms with van der Waals surface area (Å²) in [7, 11) is 0. The highest BCUT2D eigenvalue weighted by molar-refractivity contribution is 5.78. The van der Waals surface area contributed by atoms with Gasteiger partial charge in [0, 0.05) is 19.6 Å². The first-order chi connectivity index (χ1) is 7.99. The van der Waals surface area contributed by atoms with Gasteiger partial charge in [-0.05, 0) is 19.8 Å². The van der Waals surface area contributed by atoms with E-state index >= 15 is 0 Å².